The number of fused-ring (bicyclic) bond motifs is 3. The van der Waals surface area contributed by atoms with Crippen molar-refractivity contribution in [3.63, 3.8) is 0 Å². The predicted octanol–water partition coefficient (Wildman–Crippen LogP) is 7.49. The smallest absolute Gasteiger partial charge is 0.158 e. The van der Waals surface area contributed by atoms with Crippen LogP contribution in [-0.4, -0.2) is 19.5 Å². The maximum atomic E-state index is 5.94. The van der Waals surface area contributed by atoms with E-state index in [1.165, 1.54) is 66.3 Å². The van der Waals surface area contributed by atoms with Crippen molar-refractivity contribution >= 4 is 0 Å². The van der Waals surface area contributed by atoms with Gasteiger partial charge < -0.3 is 9.47 Å². The number of ether oxygens (including phenoxy) is 2. The molecule has 0 bridgehead atoms. The van der Waals surface area contributed by atoms with Gasteiger partial charge >= 0.3 is 0 Å². The molecule has 3 rings (SSSR count). The molecule has 0 spiro atoms. The molecule has 0 fully saturated rings. The van der Waals surface area contributed by atoms with Crippen LogP contribution in [0.25, 0.3) is 11.1 Å². The third-order valence-corrected chi connectivity index (χ3v) is 6.17. The Morgan fingerprint density at radius 2 is 1.52 bits per heavy atom. The number of unbranched alkanes of at least 4 members (excludes halogenated alkanes) is 4. The summed E-state index contributed by atoms with van der Waals surface area (Å²) >= 11 is 0. The summed E-state index contributed by atoms with van der Waals surface area (Å²) in [5.74, 6) is 0.490. The van der Waals surface area contributed by atoms with Gasteiger partial charge in [0.2, 0.25) is 0 Å². The minimum absolute atomic E-state index is 0.106. The highest BCUT2D eigenvalue weighted by atomic mass is 16.7. The van der Waals surface area contributed by atoms with Gasteiger partial charge in [0.1, 0.15) is 0 Å². The molecule has 0 heterocycles. The molecular weight excluding hydrogens is 356 g/mol. The molecule has 1 aliphatic carbocycles. The Hall–Kier alpha value is -1.64. The molecule has 0 saturated carbocycles. The molecule has 0 saturated heterocycles. The molecule has 1 aliphatic rings. The molecule has 0 amide bonds. The van der Waals surface area contributed by atoms with Crippen LogP contribution in [0, 0.1) is 0 Å². The number of rotatable bonds is 13. The lowest BCUT2D eigenvalue weighted by Crippen LogP contribution is -2.21. The number of hydrogen-bond donors (Lipinski definition) is 0. The van der Waals surface area contributed by atoms with Crippen LogP contribution in [0.5, 0.6) is 0 Å². The first kappa shape index (κ1) is 22.1. The van der Waals surface area contributed by atoms with Crippen molar-refractivity contribution < 1.29 is 9.47 Å². The van der Waals surface area contributed by atoms with Crippen molar-refractivity contribution in [3.8, 4) is 11.1 Å². The third kappa shape index (κ3) is 5.71. The molecule has 29 heavy (non-hydrogen) atoms. The Morgan fingerprint density at radius 3 is 2.28 bits per heavy atom. The van der Waals surface area contributed by atoms with Crippen molar-refractivity contribution in [2.45, 2.75) is 84.3 Å². The first-order valence-corrected chi connectivity index (χ1v) is 11.7. The molecule has 0 N–H and O–H groups in total. The molecule has 2 nitrogen and oxygen atoms in total. The van der Waals surface area contributed by atoms with Crippen molar-refractivity contribution in [3.05, 3.63) is 59.2 Å². The summed E-state index contributed by atoms with van der Waals surface area (Å²) in [6.07, 6.45) is 9.72. The summed E-state index contributed by atoms with van der Waals surface area (Å²) in [5, 5.41) is 0. The second kappa shape index (κ2) is 11.5. The zero-order valence-corrected chi connectivity index (χ0v) is 18.6. The van der Waals surface area contributed by atoms with Gasteiger partial charge in [-0.2, -0.15) is 0 Å². The van der Waals surface area contributed by atoms with Gasteiger partial charge in [-0.05, 0) is 60.4 Å². The monoisotopic (exact) mass is 394 g/mol. The van der Waals surface area contributed by atoms with Gasteiger partial charge in [-0.25, -0.2) is 0 Å². The lowest BCUT2D eigenvalue weighted by molar-refractivity contribution is -0.142. The van der Waals surface area contributed by atoms with Gasteiger partial charge in [-0.1, -0.05) is 81.5 Å². The molecule has 1 atom stereocenters. The van der Waals surface area contributed by atoms with Crippen LogP contribution in [0.2, 0.25) is 0 Å². The number of benzene rings is 2. The molecule has 0 aliphatic heterocycles. The highest BCUT2D eigenvalue weighted by Gasteiger charge is 2.26. The average molecular weight is 395 g/mol. The van der Waals surface area contributed by atoms with Gasteiger partial charge in [-0.3, -0.25) is 0 Å². The molecule has 0 radical (unpaired) electrons. The van der Waals surface area contributed by atoms with Crippen molar-refractivity contribution in [2.75, 3.05) is 13.2 Å². The zero-order valence-electron chi connectivity index (χ0n) is 18.6. The van der Waals surface area contributed by atoms with Crippen molar-refractivity contribution in [1.29, 1.82) is 0 Å². The van der Waals surface area contributed by atoms with Crippen molar-refractivity contribution in [1.82, 2.24) is 0 Å². The third-order valence-electron chi connectivity index (χ3n) is 6.17. The molecule has 0 aromatic heterocycles. The molecule has 2 aromatic rings. The SMILES string of the molecule is CCCCCCCC(CC(OCC)OCC)c1cccc2c1Cc1ccccc1-2. The van der Waals surface area contributed by atoms with E-state index in [2.05, 4.69) is 63.2 Å². The quantitative estimate of drug-likeness (QED) is 0.221. The average Bonchev–Trinajstić information content (AvgIpc) is 3.12. The van der Waals surface area contributed by atoms with E-state index in [-0.39, 0.29) is 6.29 Å². The Bertz CT molecular complexity index is 746. The van der Waals surface area contributed by atoms with E-state index in [1.54, 1.807) is 0 Å². The Morgan fingerprint density at radius 1 is 0.793 bits per heavy atom. The number of hydrogen-bond acceptors (Lipinski definition) is 2. The summed E-state index contributed by atoms with van der Waals surface area (Å²) in [6.45, 7) is 7.80. The van der Waals surface area contributed by atoms with Gasteiger partial charge in [-0.15, -0.1) is 0 Å². The van der Waals surface area contributed by atoms with E-state index in [0.717, 1.165) is 12.8 Å². The first-order chi connectivity index (χ1) is 14.3. The molecule has 1 unspecified atom stereocenters. The molecule has 2 heteroatoms. The van der Waals surface area contributed by atoms with Crippen LogP contribution < -0.4 is 0 Å². The normalized spacial score (nSPS) is 13.5. The maximum Gasteiger partial charge on any atom is 0.158 e. The second-order valence-corrected chi connectivity index (χ2v) is 8.18. The van der Waals surface area contributed by atoms with Gasteiger partial charge in [0, 0.05) is 19.6 Å². The zero-order chi connectivity index (χ0) is 20.5. The van der Waals surface area contributed by atoms with E-state index in [4.69, 9.17) is 9.47 Å². The second-order valence-electron chi connectivity index (χ2n) is 8.18. The summed E-state index contributed by atoms with van der Waals surface area (Å²) in [5.41, 5.74) is 7.34. The van der Waals surface area contributed by atoms with E-state index < -0.39 is 0 Å². The predicted molar refractivity (Wildman–Crippen MR) is 122 cm³/mol. The van der Waals surface area contributed by atoms with Crippen LogP contribution in [0.1, 0.15) is 88.3 Å². The van der Waals surface area contributed by atoms with Gasteiger partial charge in [0.15, 0.2) is 6.29 Å². The van der Waals surface area contributed by atoms with Crippen LogP contribution in [0.4, 0.5) is 0 Å². The first-order valence-electron chi connectivity index (χ1n) is 11.7. The van der Waals surface area contributed by atoms with E-state index in [0.29, 0.717) is 19.1 Å². The minimum atomic E-state index is -0.106. The van der Waals surface area contributed by atoms with Crippen LogP contribution >= 0.6 is 0 Å². The Kier molecular flexibility index (Phi) is 8.76. The lowest BCUT2D eigenvalue weighted by atomic mass is 9.85. The Balaban J connectivity index is 1.82. The molecule has 2 aromatic carbocycles. The summed E-state index contributed by atoms with van der Waals surface area (Å²) < 4.78 is 11.9. The molecule has 158 valence electrons. The van der Waals surface area contributed by atoms with Crippen LogP contribution in [-0.2, 0) is 15.9 Å². The van der Waals surface area contributed by atoms with E-state index in [1.807, 2.05) is 0 Å². The largest absolute Gasteiger partial charge is 0.353 e. The van der Waals surface area contributed by atoms with Crippen LogP contribution in [0.15, 0.2) is 42.5 Å². The highest BCUT2D eigenvalue weighted by molar-refractivity contribution is 5.78. The summed E-state index contributed by atoms with van der Waals surface area (Å²) in [6, 6.07) is 15.8. The van der Waals surface area contributed by atoms with Gasteiger partial charge in [0.05, 0.1) is 0 Å². The standard InChI is InChI=1S/C27H38O2/c1-4-7-8-9-10-14-22(20-27(28-5-2)29-6-3)24-17-13-18-25-23-16-12-11-15-21(23)19-26(24)25/h11-13,15-18,22,27H,4-10,14,19-20H2,1-3H3. The Labute approximate surface area is 177 Å². The fraction of sp³-hybridized carbons (Fsp3) is 0.556. The molecular formula is C27H38O2. The fourth-order valence-electron chi connectivity index (χ4n) is 4.75. The topological polar surface area (TPSA) is 18.5 Å². The van der Waals surface area contributed by atoms with E-state index in [9.17, 15) is 0 Å². The van der Waals surface area contributed by atoms with Gasteiger partial charge in [0.25, 0.3) is 0 Å². The maximum absolute atomic E-state index is 5.94. The summed E-state index contributed by atoms with van der Waals surface area (Å²) in [7, 11) is 0. The highest BCUT2D eigenvalue weighted by Crippen LogP contribution is 2.42. The van der Waals surface area contributed by atoms with Crippen molar-refractivity contribution in [2.24, 2.45) is 0 Å². The summed E-state index contributed by atoms with van der Waals surface area (Å²) in [4.78, 5) is 0. The fourth-order valence-corrected chi connectivity index (χ4v) is 4.75. The minimum Gasteiger partial charge on any atom is -0.353 e. The van der Waals surface area contributed by atoms with E-state index >= 15 is 0 Å². The van der Waals surface area contributed by atoms with Crippen LogP contribution in [0.3, 0.4) is 0 Å². The lowest BCUT2D eigenvalue weighted by Gasteiger charge is -2.26.